The van der Waals surface area contributed by atoms with E-state index in [1.165, 1.54) is 42.4 Å². The van der Waals surface area contributed by atoms with Crippen molar-refractivity contribution >= 4 is 31.5 Å². The summed E-state index contributed by atoms with van der Waals surface area (Å²) in [6.07, 6.45) is 0. The summed E-state index contributed by atoms with van der Waals surface area (Å²) in [5.74, 6) is 2.44. The SMILES string of the molecule is c1ccc(-c2cc(-c3ccc4c(c3)C3(c5ccccc5O4)c4ccccc4-c4cc5sc6ccccc6c5cc43)nc(-c3ccccc3)n2)cc1. The lowest BCUT2D eigenvalue weighted by Crippen LogP contribution is -2.32. The Morgan fingerprint density at radius 1 is 0.412 bits per heavy atom. The molecule has 0 saturated carbocycles. The fourth-order valence-electron chi connectivity index (χ4n) is 8.34. The van der Waals surface area contributed by atoms with Crippen LogP contribution in [0.4, 0.5) is 0 Å². The number of para-hydroxylation sites is 1. The number of aromatic nitrogens is 2. The Balaban J connectivity index is 1.21. The Morgan fingerprint density at radius 2 is 1.08 bits per heavy atom. The van der Waals surface area contributed by atoms with E-state index < -0.39 is 5.41 Å². The number of thiophene rings is 1. The summed E-state index contributed by atoms with van der Waals surface area (Å²) >= 11 is 1.87. The average molecular weight is 669 g/mol. The Bertz CT molecular complexity index is 2780. The molecule has 2 aromatic heterocycles. The lowest BCUT2D eigenvalue weighted by molar-refractivity contribution is 0.436. The zero-order valence-electron chi connectivity index (χ0n) is 27.4. The van der Waals surface area contributed by atoms with Crippen LogP contribution in [0, 0.1) is 0 Å². The minimum atomic E-state index is -0.596. The van der Waals surface area contributed by atoms with Crippen molar-refractivity contribution in [2.75, 3.05) is 0 Å². The highest BCUT2D eigenvalue weighted by Crippen LogP contribution is 2.63. The topological polar surface area (TPSA) is 35.0 Å². The van der Waals surface area contributed by atoms with Crippen molar-refractivity contribution in [2.45, 2.75) is 5.41 Å². The summed E-state index contributed by atoms with van der Waals surface area (Å²) in [7, 11) is 0. The summed E-state index contributed by atoms with van der Waals surface area (Å²) < 4.78 is 9.39. The van der Waals surface area contributed by atoms with Crippen molar-refractivity contribution in [3.05, 3.63) is 192 Å². The molecule has 0 amide bonds. The standard InChI is InChI=1S/C47H28N2OS/c1-3-13-29(14-4-1)40-28-41(49-46(48-40)30-15-5-2-6-16-30)31-23-24-43-39(25-31)47(37-20-10-11-21-42(37)50-43)36-19-9-7-17-32(36)34-27-45-35(26-38(34)47)33-18-8-12-22-44(33)51-45/h1-28H. The van der Waals surface area contributed by atoms with E-state index >= 15 is 0 Å². The Hall–Kier alpha value is -6.36. The van der Waals surface area contributed by atoms with Gasteiger partial charge < -0.3 is 4.74 Å². The largest absolute Gasteiger partial charge is 0.457 e. The quantitative estimate of drug-likeness (QED) is 0.188. The lowest BCUT2D eigenvalue weighted by atomic mass is 9.65. The van der Waals surface area contributed by atoms with Crippen molar-refractivity contribution < 1.29 is 4.74 Å². The molecular weight excluding hydrogens is 641 g/mol. The molecule has 1 unspecified atom stereocenters. The maximum atomic E-state index is 6.78. The van der Waals surface area contributed by atoms with Crippen molar-refractivity contribution in [3.63, 3.8) is 0 Å². The number of ether oxygens (including phenoxy) is 1. The third kappa shape index (κ3) is 4.11. The normalized spacial score (nSPS) is 15.3. The predicted molar refractivity (Wildman–Crippen MR) is 209 cm³/mol. The third-order valence-corrected chi connectivity index (χ3v) is 11.7. The van der Waals surface area contributed by atoms with Gasteiger partial charge in [0, 0.05) is 48.0 Å². The number of nitrogens with zero attached hydrogens (tertiary/aromatic N) is 2. The molecule has 2 aliphatic rings. The van der Waals surface area contributed by atoms with Crippen LogP contribution in [-0.4, -0.2) is 9.97 Å². The van der Waals surface area contributed by atoms with E-state index in [-0.39, 0.29) is 0 Å². The Morgan fingerprint density at radius 3 is 1.92 bits per heavy atom. The molecule has 3 heterocycles. The van der Waals surface area contributed by atoms with Crippen molar-refractivity contribution in [1.29, 1.82) is 0 Å². The highest BCUT2D eigenvalue weighted by molar-refractivity contribution is 7.25. The molecule has 1 aliphatic carbocycles. The minimum absolute atomic E-state index is 0.596. The van der Waals surface area contributed by atoms with E-state index in [9.17, 15) is 0 Å². The zero-order valence-corrected chi connectivity index (χ0v) is 28.2. The molecule has 1 spiro atoms. The summed E-state index contributed by atoms with van der Waals surface area (Å²) in [5, 5.41) is 2.59. The van der Waals surface area contributed by atoms with Gasteiger partial charge >= 0.3 is 0 Å². The van der Waals surface area contributed by atoms with Crippen molar-refractivity contribution in [3.8, 4) is 56.5 Å². The van der Waals surface area contributed by atoms with Crippen LogP contribution in [-0.2, 0) is 5.41 Å². The first-order valence-electron chi connectivity index (χ1n) is 17.2. The van der Waals surface area contributed by atoms with Crippen LogP contribution >= 0.6 is 11.3 Å². The fraction of sp³-hybridized carbons (Fsp3) is 0.0213. The van der Waals surface area contributed by atoms with Gasteiger partial charge in [0.2, 0.25) is 0 Å². The van der Waals surface area contributed by atoms with Crippen LogP contribution in [0.2, 0.25) is 0 Å². The number of rotatable bonds is 3. The first-order valence-corrected chi connectivity index (χ1v) is 18.1. The molecular formula is C47H28N2OS. The van der Waals surface area contributed by atoms with Gasteiger partial charge in [-0.15, -0.1) is 11.3 Å². The molecule has 9 aromatic rings. The van der Waals surface area contributed by atoms with E-state index in [2.05, 4.69) is 146 Å². The van der Waals surface area contributed by atoms with Gasteiger partial charge in [0.05, 0.1) is 16.8 Å². The molecule has 51 heavy (non-hydrogen) atoms. The highest BCUT2D eigenvalue weighted by Gasteiger charge is 2.51. The van der Waals surface area contributed by atoms with Crippen LogP contribution in [0.3, 0.4) is 0 Å². The summed E-state index contributed by atoms with van der Waals surface area (Å²) in [5.41, 5.74) is 11.6. The van der Waals surface area contributed by atoms with Gasteiger partial charge in [0.15, 0.2) is 5.82 Å². The highest BCUT2D eigenvalue weighted by atomic mass is 32.1. The van der Waals surface area contributed by atoms with Gasteiger partial charge in [-0.1, -0.05) is 121 Å². The van der Waals surface area contributed by atoms with E-state index in [0.717, 1.165) is 50.7 Å². The van der Waals surface area contributed by atoms with Gasteiger partial charge in [-0.2, -0.15) is 0 Å². The molecule has 0 fully saturated rings. The summed E-state index contributed by atoms with van der Waals surface area (Å²) in [6, 6.07) is 60.5. The van der Waals surface area contributed by atoms with E-state index in [1.807, 2.05) is 35.6 Å². The van der Waals surface area contributed by atoms with Crippen LogP contribution in [0.5, 0.6) is 11.5 Å². The molecule has 4 heteroatoms. The second kappa shape index (κ2) is 10.8. The van der Waals surface area contributed by atoms with E-state index in [0.29, 0.717) is 5.82 Å². The summed E-state index contributed by atoms with van der Waals surface area (Å²) in [6.45, 7) is 0. The lowest BCUT2D eigenvalue weighted by Gasteiger charge is -2.39. The smallest absolute Gasteiger partial charge is 0.160 e. The number of hydrogen-bond acceptors (Lipinski definition) is 4. The maximum Gasteiger partial charge on any atom is 0.160 e. The molecule has 1 aliphatic heterocycles. The molecule has 3 nitrogen and oxygen atoms in total. The second-order valence-electron chi connectivity index (χ2n) is 13.3. The second-order valence-corrected chi connectivity index (χ2v) is 14.4. The van der Waals surface area contributed by atoms with Gasteiger partial charge in [0.1, 0.15) is 11.5 Å². The van der Waals surface area contributed by atoms with Crippen molar-refractivity contribution in [2.24, 2.45) is 0 Å². The molecule has 0 N–H and O–H groups in total. The van der Waals surface area contributed by atoms with Gasteiger partial charge in [0.25, 0.3) is 0 Å². The molecule has 238 valence electrons. The van der Waals surface area contributed by atoms with Crippen molar-refractivity contribution in [1.82, 2.24) is 9.97 Å². The van der Waals surface area contributed by atoms with Crippen LogP contribution in [0.15, 0.2) is 170 Å². The molecule has 0 radical (unpaired) electrons. The summed E-state index contributed by atoms with van der Waals surface area (Å²) in [4.78, 5) is 10.3. The zero-order chi connectivity index (χ0) is 33.5. The molecule has 1 atom stereocenters. The predicted octanol–water partition coefficient (Wildman–Crippen LogP) is 12.3. The van der Waals surface area contributed by atoms with Gasteiger partial charge in [-0.3, -0.25) is 0 Å². The molecule has 11 rings (SSSR count). The Labute approximate surface area is 299 Å². The molecule has 0 saturated heterocycles. The molecule has 7 aromatic carbocycles. The molecule has 0 bridgehead atoms. The third-order valence-electron chi connectivity index (χ3n) is 10.6. The van der Waals surface area contributed by atoms with Gasteiger partial charge in [-0.05, 0) is 70.8 Å². The van der Waals surface area contributed by atoms with Gasteiger partial charge in [-0.25, -0.2) is 9.97 Å². The number of benzene rings is 7. The van der Waals surface area contributed by atoms with Crippen LogP contribution < -0.4 is 4.74 Å². The van der Waals surface area contributed by atoms with E-state index in [1.54, 1.807) is 0 Å². The Kier molecular flexibility index (Phi) is 6.04. The van der Waals surface area contributed by atoms with E-state index in [4.69, 9.17) is 14.7 Å². The minimum Gasteiger partial charge on any atom is -0.457 e. The number of hydrogen-bond donors (Lipinski definition) is 0. The first kappa shape index (κ1) is 28.5. The first-order chi connectivity index (χ1) is 25.3. The maximum absolute atomic E-state index is 6.78. The fourth-order valence-corrected chi connectivity index (χ4v) is 9.47. The van der Waals surface area contributed by atoms with Crippen LogP contribution in [0.25, 0.3) is 65.2 Å². The average Bonchev–Trinajstić information content (AvgIpc) is 3.70. The number of fused-ring (bicyclic) bond motifs is 12. The van der Waals surface area contributed by atoms with Crippen LogP contribution in [0.1, 0.15) is 22.3 Å². The monoisotopic (exact) mass is 668 g/mol.